The van der Waals surface area contributed by atoms with Crippen LogP contribution in [0.15, 0.2) is 36.5 Å². The normalized spacial score (nSPS) is 10.6. The van der Waals surface area contributed by atoms with Crippen molar-refractivity contribution in [2.75, 3.05) is 11.1 Å². The van der Waals surface area contributed by atoms with E-state index < -0.39 is 5.97 Å². The molecule has 0 aliphatic heterocycles. The average molecular weight is 341 g/mol. The van der Waals surface area contributed by atoms with E-state index in [1.807, 2.05) is 0 Å². The summed E-state index contributed by atoms with van der Waals surface area (Å²) in [4.78, 5) is 33.1. The molecule has 3 aromatic rings. The number of carbonyl (C=O) groups excluding carboxylic acids is 1. The molecule has 0 unspecified atom stereocenters. The first-order valence-corrected chi connectivity index (χ1v) is 7.41. The molecule has 0 saturated carbocycles. The van der Waals surface area contributed by atoms with Crippen LogP contribution in [0.2, 0.25) is 0 Å². The molecule has 0 fully saturated rings. The number of aromatic nitrogens is 3. The minimum Gasteiger partial charge on any atom is -0.481 e. The van der Waals surface area contributed by atoms with Gasteiger partial charge in [-0.2, -0.15) is 9.97 Å². The fraction of sp³-hybridized carbons (Fsp3) is 0.125. The van der Waals surface area contributed by atoms with E-state index >= 15 is 0 Å². The van der Waals surface area contributed by atoms with Crippen LogP contribution in [0, 0.1) is 0 Å². The lowest BCUT2D eigenvalue weighted by Gasteiger charge is -2.08. The monoisotopic (exact) mass is 341 g/mol. The number of nitrogens with two attached hydrogens (primary N) is 1. The highest BCUT2D eigenvalue weighted by atomic mass is 16.5. The number of rotatable bonds is 6. The summed E-state index contributed by atoms with van der Waals surface area (Å²) in [5.74, 6) is -0.467. The molecular formula is C16H15N5O4. The van der Waals surface area contributed by atoms with E-state index in [2.05, 4.69) is 20.3 Å². The SMILES string of the molecule is Nc1nc(Oc2ccc(NC(=O)CCC(=O)O)cc2)c2cc[nH]c2n1. The Kier molecular flexibility index (Phi) is 4.46. The number of carboxylic acids is 1. The van der Waals surface area contributed by atoms with Gasteiger partial charge in [-0.15, -0.1) is 0 Å². The molecule has 5 N–H and O–H groups in total. The molecule has 0 spiro atoms. The molecule has 0 radical (unpaired) electrons. The van der Waals surface area contributed by atoms with Gasteiger partial charge in [0, 0.05) is 18.3 Å². The summed E-state index contributed by atoms with van der Waals surface area (Å²) in [6, 6.07) is 8.38. The number of nitrogens with one attached hydrogen (secondary N) is 2. The number of carbonyl (C=O) groups is 2. The first kappa shape index (κ1) is 16.2. The van der Waals surface area contributed by atoms with Crippen molar-refractivity contribution >= 4 is 34.5 Å². The number of aliphatic carboxylic acids is 1. The lowest BCUT2D eigenvalue weighted by atomic mass is 10.2. The van der Waals surface area contributed by atoms with Crippen molar-refractivity contribution in [3.05, 3.63) is 36.5 Å². The van der Waals surface area contributed by atoms with Crippen molar-refractivity contribution in [3.8, 4) is 11.6 Å². The molecule has 0 saturated heterocycles. The fourth-order valence-electron chi connectivity index (χ4n) is 2.17. The number of ether oxygens (including phenoxy) is 1. The highest BCUT2D eigenvalue weighted by Crippen LogP contribution is 2.28. The van der Waals surface area contributed by atoms with Crippen LogP contribution in [-0.4, -0.2) is 31.9 Å². The Morgan fingerprint density at radius 3 is 2.64 bits per heavy atom. The smallest absolute Gasteiger partial charge is 0.303 e. The van der Waals surface area contributed by atoms with Gasteiger partial charge in [0.25, 0.3) is 0 Å². The van der Waals surface area contributed by atoms with Gasteiger partial charge in [0.15, 0.2) is 0 Å². The molecule has 9 nitrogen and oxygen atoms in total. The highest BCUT2D eigenvalue weighted by Gasteiger charge is 2.10. The van der Waals surface area contributed by atoms with Gasteiger partial charge >= 0.3 is 5.97 Å². The Balaban J connectivity index is 1.69. The number of anilines is 2. The minimum atomic E-state index is -1.01. The van der Waals surface area contributed by atoms with Gasteiger partial charge in [0.1, 0.15) is 11.4 Å². The molecule has 3 rings (SSSR count). The molecule has 1 amide bonds. The van der Waals surface area contributed by atoms with Gasteiger partial charge in [0.05, 0.1) is 11.8 Å². The summed E-state index contributed by atoms with van der Waals surface area (Å²) < 4.78 is 5.73. The lowest BCUT2D eigenvalue weighted by Crippen LogP contribution is -2.13. The van der Waals surface area contributed by atoms with Crippen LogP contribution in [0.25, 0.3) is 11.0 Å². The average Bonchev–Trinajstić information content (AvgIpc) is 3.03. The molecular weight excluding hydrogens is 326 g/mol. The summed E-state index contributed by atoms with van der Waals surface area (Å²) in [6.07, 6.45) is 1.41. The quantitative estimate of drug-likeness (QED) is 0.537. The standard InChI is InChI=1S/C16H15N5O4/c17-16-20-14-11(7-8-18-14)15(21-16)25-10-3-1-9(2-4-10)19-12(22)5-6-13(23)24/h1-4,7-8H,5-6H2,(H,19,22)(H,23,24)(H3,17,18,20,21). The number of carboxylic acid groups (broad SMARTS) is 1. The Hall–Kier alpha value is -3.62. The lowest BCUT2D eigenvalue weighted by molar-refractivity contribution is -0.138. The topological polar surface area (TPSA) is 143 Å². The largest absolute Gasteiger partial charge is 0.481 e. The second-order valence-corrected chi connectivity index (χ2v) is 5.20. The van der Waals surface area contributed by atoms with Gasteiger partial charge in [-0.3, -0.25) is 9.59 Å². The fourth-order valence-corrected chi connectivity index (χ4v) is 2.17. The van der Waals surface area contributed by atoms with E-state index in [9.17, 15) is 9.59 Å². The van der Waals surface area contributed by atoms with Crippen molar-refractivity contribution in [2.24, 2.45) is 0 Å². The van der Waals surface area contributed by atoms with E-state index in [4.69, 9.17) is 15.6 Å². The zero-order valence-corrected chi connectivity index (χ0v) is 13.0. The molecule has 0 bridgehead atoms. The van der Waals surface area contributed by atoms with Gasteiger partial charge < -0.3 is 25.9 Å². The van der Waals surface area contributed by atoms with Crippen LogP contribution in [0.1, 0.15) is 12.8 Å². The van der Waals surface area contributed by atoms with Crippen LogP contribution in [-0.2, 0) is 9.59 Å². The van der Waals surface area contributed by atoms with Crippen LogP contribution in [0.4, 0.5) is 11.6 Å². The van der Waals surface area contributed by atoms with Crippen molar-refractivity contribution < 1.29 is 19.4 Å². The molecule has 25 heavy (non-hydrogen) atoms. The predicted molar refractivity (Wildman–Crippen MR) is 90.3 cm³/mol. The molecule has 128 valence electrons. The Morgan fingerprint density at radius 2 is 1.92 bits per heavy atom. The molecule has 0 atom stereocenters. The summed E-state index contributed by atoms with van der Waals surface area (Å²) >= 11 is 0. The number of fused-ring (bicyclic) bond motifs is 1. The van der Waals surface area contributed by atoms with Crippen LogP contribution < -0.4 is 15.8 Å². The molecule has 9 heteroatoms. The molecule has 0 aliphatic carbocycles. The van der Waals surface area contributed by atoms with Crippen molar-refractivity contribution in [1.82, 2.24) is 15.0 Å². The Morgan fingerprint density at radius 1 is 1.16 bits per heavy atom. The number of nitrogen functional groups attached to an aromatic ring is 1. The van der Waals surface area contributed by atoms with Gasteiger partial charge in [-0.1, -0.05) is 0 Å². The minimum absolute atomic E-state index is 0.0841. The number of aromatic amines is 1. The van der Waals surface area contributed by atoms with Gasteiger partial charge in [0.2, 0.25) is 17.7 Å². The Labute approximate surface area is 141 Å². The molecule has 0 aliphatic rings. The first-order valence-electron chi connectivity index (χ1n) is 7.41. The van der Waals surface area contributed by atoms with Crippen molar-refractivity contribution in [2.45, 2.75) is 12.8 Å². The van der Waals surface area contributed by atoms with E-state index in [1.165, 1.54) is 0 Å². The van der Waals surface area contributed by atoms with E-state index in [0.29, 0.717) is 28.4 Å². The summed E-state index contributed by atoms with van der Waals surface area (Å²) in [7, 11) is 0. The number of hydrogen-bond donors (Lipinski definition) is 4. The number of benzene rings is 1. The van der Waals surface area contributed by atoms with Gasteiger partial charge in [-0.05, 0) is 30.3 Å². The number of H-pyrrole nitrogens is 1. The number of amides is 1. The second-order valence-electron chi connectivity index (χ2n) is 5.20. The zero-order valence-electron chi connectivity index (χ0n) is 13.0. The first-order chi connectivity index (χ1) is 12.0. The maximum atomic E-state index is 11.6. The van der Waals surface area contributed by atoms with E-state index in [1.54, 1.807) is 36.5 Å². The van der Waals surface area contributed by atoms with Crippen molar-refractivity contribution in [3.63, 3.8) is 0 Å². The predicted octanol–water partition coefficient (Wildman–Crippen LogP) is 2.14. The molecule has 1 aromatic carbocycles. The summed E-state index contributed by atoms with van der Waals surface area (Å²) in [5, 5.41) is 11.9. The van der Waals surface area contributed by atoms with Crippen LogP contribution >= 0.6 is 0 Å². The van der Waals surface area contributed by atoms with Crippen LogP contribution in [0.3, 0.4) is 0 Å². The summed E-state index contributed by atoms with van der Waals surface area (Å²) in [6.45, 7) is 0. The van der Waals surface area contributed by atoms with E-state index in [0.717, 1.165) is 0 Å². The number of nitrogens with zero attached hydrogens (tertiary/aromatic N) is 2. The zero-order chi connectivity index (χ0) is 17.8. The third-order valence-electron chi connectivity index (χ3n) is 3.32. The maximum absolute atomic E-state index is 11.6. The molecule has 2 aromatic heterocycles. The number of hydrogen-bond acceptors (Lipinski definition) is 6. The second kappa shape index (κ2) is 6.87. The van der Waals surface area contributed by atoms with Crippen LogP contribution in [0.5, 0.6) is 11.6 Å². The highest BCUT2D eigenvalue weighted by molar-refractivity contribution is 5.92. The molecule has 2 heterocycles. The summed E-state index contributed by atoms with van der Waals surface area (Å²) in [5.41, 5.74) is 6.77. The third kappa shape index (κ3) is 4.02. The van der Waals surface area contributed by atoms with Gasteiger partial charge in [-0.25, -0.2) is 0 Å². The van der Waals surface area contributed by atoms with E-state index in [-0.39, 0.29) is 24.7 Å². The Bertz CT molecular complexity index is 920. The third-order valence-corrected chi connectivity index (χ3v) is 3.32. The maximum Gasteiger partial charge on any atom is 0.303 e. The van der Waals surface area contributed by atoms with Crippen molar-refractivity contribution in [1.29, 1.82) is 0 Å².